The lowest BCUT2D eigenvalue weighted by molar-refractivity contribution is -0.129. The highest BCUT2D eigenvalue weighted by Crippen LogP contribution is 2.31. The van der Waals surface area contributed by atoms with Crippen molar-refractivity contribution in [2.45, 2.75) is 51.6 Å². The second kappa shape index (κ2) is 13.5. The Bertz CT molecular complexity index is 1380. The van der Waals surface area contributed by atoms with E-state index in [0.717, 1.165) is 26.2 Å². The van der Waals surface area contributed by atoms with Crippen molar-refractivity contribution in [1.82, 2.24) is 21.3 Å². The summed E-state index contributed by atoms with van der Waals surface area (Å²) in [6.45, 7) is 6.23. The fourth-order valence-electron chi connectivity index (χ4n) is 5.77. The predicted octanol–water partition coefficient (Wildman–Crippen LogP) is 1.35. The van der Waals surface area contributed by atoms with Crippen LogP contribution >= 0.6 is 0 Å². The summed E-state index contributed by atoms with van der Waals surface area (Å²) in [5.41, 5.74) is 1.31. The lowest BCUT2D eigenvalue weighted by atomic mass is 9.83. The Balaban J connectivity index is 1.22. The van der Waals surface area contributed by atoms with Gasteiger partial charge in [0.1, 0.15) is 12.1 Å². The third-order valence-electron chi connectivity index (χ3n) is 8.48. The topological polar surface area (TPSA) is 175 Å². The van der Waals surface area contributed by atoms with Crippen LogP contribution in [0.25, 0.3) is 0 Å². The summed E-state index contributed by atoms with van der Waals surface area (Å²) in [4.78, 5) is 77.5. The Kier molecular flexibility index (Phi) is 9.50. The smallest absolute Gasteiger partial charge is 0.246 e. The van der Waals surface area contributed by atoms with Crippen LogP contribution in [0.5, 0.6) is 0 Å². The summed E-state index contributed by atoms with van der Waals surface area (Å²) >= 11 is 0. The van der Waals surface area contributed by atoms with Gasteiger partial charge in [-0.15, -0.1) is 0 Å². The number of benzene rings is 2. The molecule has 1 aliphatic carbocycles. The van der Waals surface area contributed by atoms with E-state index in [2.05, 4.69) is 31.9 Å². The van der Waals surface area contributed by atoms with Crippen LogP contribution < -0.4 is 31.9 Å². The minimum Gasteiger partial charge on any atom is -0.344 e. The van der Waals surface area contributed by atoms with Crippen molar-refractivity contribution in [3.8, 4) is 0 Å². The number of piperidine rings is 2. The predicted molar refractivity (Wildman–Crippen MR) is 163 cm³/mol. The fourth-order valence-corrected chi connectivity index (χ4v) is 5.77. The summed E-state index contributed by atoms with van der Waals surface area (Å²) in [5.74, 6) is -2.26. The van der Waals surface area contributed by atoms with Crippen LogP contribution in [0.1, 0.15) is 71.4 Å². The van der Waals surface area contributed by atoms with Crippen molar-refractivity contribution >= 4 is 46.6 Å². The van der Waals surface area contributed by atoms with Crippen LogP contribution in [-0.2, 0) is 19.2 Å². The molecule has 0 saturated carbocycles. The second-order valence-electron chi connectivity index (χ2n) is 11.7. The minimum atomic E-state index is -0.791. The Morgan fingerprint density at radius 3 is 1.34 bits per heavy atom. The Labute approximate surface area is 255 Å². The molecule has 6 N–H and O–H groups in total. The number of hydrogen-bond acceptors (Lipinski definition) is 8. The molecule has 2 heterocycles. The molecule has 0 unspecified atom stereocenters. The average Bonchev–Trinajstić information content (AvgIpc) is 3.04. The van der Waals surface area contributed by atoms with Gasteiger partial charge in [-0.25, -0.2) is 0 Å². The van der Waals surface area contributed by atoms with E-state index in [1.165, 1.54) is 36.4 Å². The molecule has 3 aliphatic rings. The Morgan fingerprint density at radius 2 is 0.977 bits per heavy atom. The van der Waals surface area contributed by atoms with Crippen molar-refractivity contribution < 1.29 is 28.8 Å². The van der Waals surface area contributed by atoms with Crippen molar-refractivity contribution in [3.63, 3.8) is 0 Å². The number of ketones is 2. The number of fused-ring (bicyclic) bond motifs is 2. The second-order valence-corrected chi connectivity index (χ2v) is 11.7. The Hall–Kier alpha value is -4.42. The van der Waals surface area contributed by atoms with Gasteiger partial charge >= 0.3 is 0 Å². The van der Waals surface area contributed by atoms with E-state index >= 15 is 0 Å². The van der Waals surface area contributed by atoms with Gasteiger partial charge < -0.3 is 31.9 Å². The highest BCUT2D eigenvalue weighted by Gasteiger charge is 2.31. The molecular weight excluding hydrogens is 564 g/mol. The zero-order valence-electron chi connectivity index (χ0n) is 24.9. The van der Waals surface area contributed by atoms with E-state index in [4.69, 9.17) is 0 Å². The quantitative estimate of drug-likeness (QED) is 0.224. The largest absolute Gasteiger partial charge is 0.344 e. The van der Waals surface area contributed by atoms with Gasteiger partial charge in [-0.3, -0.25) is 28.8 Å². The van der Waals surface area contributed by atoms with E-state index in [-0.39, 0.29) is 45.9 Å². The number of hydrogen-bond donors (Lipinski definition) is 6. The van der Waals surface area contributed by atoms with E-state index in [0.29, 0.717) is 37.1 Å². The van der Waals surface area contributed by atoms with Crippen LogP contribution in [0.2, 0.25) is 0 Å². The standard InChI is InChI=1S/C32H38N6O6/c1-17(35-31(43)19-7-11-33-12-8-19)29(41)37-21-3-5-23-25(15-21)27(39)24-6-4-22(16-26(24)28(23)40)38-30(42)18(2)36-32(44)20-9-13-34-14-10-20/h3-6,15-20,33-34H,7-14H2,1-2H3,(H,35,43)(H,36,44)(H,37,41)(H,38,42)/t17-,18-/m0/s1. The van der Waals surface area contributed by atoms with Crippen LogP contribution in [0, 0.1) is 11.8 Å². The molecule has 2 saturated heterocycles. The number of nitrogens with one attached hydrogen (secondary N) is 6. The highest BCUT2D eigenvalue weighted by atomic mass is 16.2. The summed E-state index contributed by atoms with van der Waals surface area (Å²) in [6.07, 6.45) is 2.86. The lowest BCUT2D eigenvalue weighted by Gasteiger charge is -2.24. The highest BCUT2D eigenvalue weighted by molar-refractivity contribution is 6.29. The SMILES string of the molecule is C[C@H](NC(=O)C1CCNCC1)C(=O)Nc1ccc2c(c1)C(=O)c1ccc(NC(=O)[C@H](C)NC(=O)C3CCNCC3)cc1C2=O. The number of carbonyl (C=O) groups is 6. The molecular formula is C32H38N6O6. The summed E-state index contributed by atoms with van der Waals surface area (Å²) in [7, 11) is 0. The molecule has 0 aromatic heterocycles. The summed E-state index contributed by atoms with van der Waals surface area (Å²) < 4.78 is 0. The maximum Gasteiger partial charge on any atom is 0.246 e. The molecule has 12 nitrogen and oxygen atoms in total. The molecule has 0 radical (unpaired) electrons. The molecule has 2 aliphatic heterocycles. The van der Waals surface area contributed by atoms with Gasteiger partial charge in [0, 0.05) is 45.5 Å². The van der Waals surface area contributed by atoms with Gasteiger partial charge in [0.25, 0.3) is 0 Å². The molecule has 2 fully saturated rings. The van der Waals surface area contributed by atoms with Crippen molar-refractivity contribution in [2.24, 2.45) is 11.8 Å². The zero-order valence-corrected chi connectivity index (χ0v) is 24.9. The van der Waals surface area contributed by atoms with Crippen LogP contribution in [0.3, 0.4) is 0 Å². The third kappa shape index (κ3) is 6.87. The molecule has 12 heteroatoms. The normalized spacial score (nSPS) is 18.3. The average molecular weight is 603 g/mol. The third-order valence-corrected chi connectivity index (χ3v) is 8.48. The zero-order chi connectivity index (χ0) is 31.4. The first-order valence-electron chi connectivity index (χ1n) is 15.1. The number of amides is 4. The van der Waals surface area contributed by atoms with E-state index in [1.807, 2.05) is 0 Å². The molecule has 0 bridgehead atoms. The van der Waals surface area contributed by atoms with Crippen LogP contribution in [0.15, 0.2) is 36.4 Å². The van der Waals surface area contributed by atoms with Gasteiger partial charge in [-0.05, 0) is 102 Å². The van der Waals surface area contributed by atoms with E-state index < -0.39 is 35.5 Å². The van der Waals surface area contributed by atoms with Gasteiger partial charge in [-0.1, -0.05) is 0 Å². The first-order valence-corrected chi connectivity index (χ1v) is 15.1. The van der Waals surface area contributed by atoms with Crippen LogP contribution in [-0.4, -0.2) is 73.5 Å². The maximum absolute atomic E-state index is 13.4. The number of carbonyl (C=O) groups excluding carboxylic acids is 6. The molecule has 5 rings (SSSR count). The number of anilines is 2. The van der Waals surface area contributed by atoms with Crippen molar-refractivity contribution in [1.29, 1.82) is 0 Å². The van der Waals surface area contributed by atoms with E-state index in [1.54, 1.807) is 13.8 Å². The van der Waals surface area contributed by atoms with Crippen molar-refractivity contribution in [2.75, 3.05) is 36.8 Å². The molecule has 2 aromatic carbocycles. The fraction of sp³-hybridized carbons (Fsp3) is 0.438. The minimum absolute atomic E-state index is 0.138. The van der Waals surface area contributed by atoms with Gasteiger partial charge in [0.2, 0.25) is 23.6 Å². The summed E-state index contributed by atoms with van der Waals surface area (Å²) in [5, 5.41) is 17.4. The molecule has 2 atom stereocenters. The van der Waals surface area contributed by atoms with Crippen molar-refractivity contribution in [3.05, 3.63) is 58.7 Å². The first kappa shape index (κ1) is 31.0. The number of rotatable bonds is 8. The molecule has 2 aromatic rings. The maximum atomic E-state index is 13.4. The van der Waals surface area contributed by atoms with E-state index in [9.17, 15) is 28.8 Å². The molecule has 232 valence electrons. The monoisotopic (exact) mass is 602 g/mol. The summed E-state index contributed by atoms with van der Waals surface area (Å²) in [6, 6.07) is 7.37. The lowest BCUT2D eigenvalue weighted by Crippen LogP contribution is -2.46. The van der Waals surface area contributed by atoms with Crippen LogP contribution in [0.4, 0.5) is 11.4 Å². The molecule has 44 heavy (non-hydrogen) atoms. The Morgan fingerprint density at radius 1 is 0.614 bits per heavy atom. The first-order chi connectivity index (χ1) is 21.1. The van der Waals surface area contributed by atoms with Gasteiger partial charge in [0.05, 0.1) is 0 Å². The molecule has 0 spiro atoms. The van der Waals surface area contributed by atoms with Gasteiger partial charge in [-0.2, -0.15) is 0 Å². The van der Waals surface area contributed by atoms with Gasteiger partial charge in [0.15, 0.2) is 11.6 Å². The molecule has 4 amide bonds.